The molecule has 3 N–H and O–H groups in total. The molecule has 1 aliphatic carbocycles. The van der Waals surface area contributed by atoms with Crippen LogP contribution in [-0.2, 0) is 9.59 Å². The average molecular weight is 283 g/mol. The van der Waals surface area contributed by atoms with Gasteiger partial charge in [-0.05, 0) is 33.7 Å². The number of rotatable bonds is 7. The number of likely N-dealkylation sites (N-methyl/N-ethyl adjacent to an activating group) is 1. The van der Waals surface area contributed by atoms with Crippen molar-refractivity contribution in [3.8, 4) is 0 Å². The summed E-state index contributed by atoms with van der Waals surface area (Å²) in [6, 6.07) is 0.153. The summed E-state index contributed by atoms with van der Waals surface area (Å²) in [4.78, 5) is 23.8. The molecule has 0 aromatic rings. The Kier molecular flexibility index (Phi) is 7.59. The van der Waals surface area contributed by atoms with Gasteiger partial charge in [0, 0.05) is 31.0 Å². The minimum Gasteiger partial charge on any atom is -0.354 e. The van der Waals surface area contributed by atoms with Crippen molar-refractivity contribution in [2.75, 3.05) is 13.6 Å². The Hall–Kier alpha value is -1.10. The molecule has 2 atom stereocenters. The molecule has 0 aliphatic heterocycles. The second kappa shape index (κ2) is 8.95. The van der Waals surface area contributed by atoms with Crippen LogP contribution in [0.5, 0.6) is 0 Å². The van der Waals surface area contributed by atoms with Crippen molar-refractivity contribution in [3.05, 3.63) is 0 Å². The summed E-state index contributed by atoms with van der Waals surface area (Å²) in [6.07, 6.45) is 5.86. The third-order valence-electron chi connectivity index (χ3n) is 3.95. The topological polar surface area (TPSA) is 70.2 Å². The highest BCUT2D eigenvalue weighted by Crippen LogP contribution is 2.23. The molecule has 0 spiro atoms. The maximum Gasteiger partial charge on any atom is 0.223 e. The summed E-state index contributed by atoms with van der Waals surface area (Å²) in [5.74, 6) is 0.260. The van der Waals surface area contributed by atoms with Crippen LogP contribution in [-0.4, -0.2) is 37.5 Å². The third kappa shape index (κ3) is 6.37. The summed E-state index contributed by atoms with van der Waals surface area (Å²) >= 11 is 0. The fourth-order valence-corrected chi connectivity index (χ4v) is 2.50. The lowest BCUT2D eigenvalue weighted by Crippen LogP contribution is -2.42. The van der Waals surface area contributed by atoms with Crippen molar-refractivity contribution in [3.63, 3.8) is 0 Å². The van der Waals surface area contributed by atoms with E-state index in [1.807, 2.05) is 20.9 Å². The monoisotopic (exact) mass is 283 g/mol. The van der Waals surface area contributed by atoms with E-state index in [4.69, 9.17) is 0 Å². The summed E-state index contributed by atoms with van der Waals surface area (Å²) in [6.45, 7) is 4.51. The molecule has 0 aromatic heterocycles. The molecule has 1 aliphatic rings. The van der Waals surface area contributed by atoms with E-state index in [-0.39, 0.29) is 29.8 Å². The van der Waals surface area contributed by atoms with Crippen molar-refractivity contribution in [1.29, 1.82) is 0 Å². The van der Waals surface area contributed by atoms with Crippen molar-refractivity contribution in [1.82, 2.24) is 16.0 Å². The first-order chi connectivity index (χ1) is 9.52. The summed E-state index contributed by atoms with van der Waals surface area (Å²) < 4.78 is 0. The van der Waals surface area contributed by atoms with Crippen LogP contribution < -0.4 is 16.0 Å². The van der Waals surface area contributed by atoms with Gasteiger partial charge in [-0.15, -0.1) is 0 Å². The molecule has 0 bridgehead atoms. The van der Waals surface area contributed by atoms with Crippen LogP contribution in [0.4, 0.5) is 0 Å². The smallest absolute Gasteiger partial charge is 0.223 e. The Morgan fingerprint density at radius 1 is 1.10 bits per heavy atom. The molecule has 2 unspecified atom stereocenters. The molecule has 1 rings (SSSR count). The molecule has 5 heteroatoms. The molecule has 2 amide bonds. The molecule has 0 saturated heterocycles. The normalized spacial score (nSPS) is 19.1. The molecule has 0 aromatic carbocycles. The number of nitrogens with one attached hydrogen (secondary N) is 3. The lowest BCUT2D eigenvalue weighted by atomic mass is 9.88. The zero-order valence-corrected chi connectivity index (χ0v) is 13.0. The van der Waals surface area contributed by atoms with Gasteiger partial charge in [-0.1, -0.05) is 19.3 Å². The van der Waals surface area contributed by atoms with E-state index in [2.05, 4.69) is 16.0 Å². The van der Waals surface area contributed by atoms with Gasteiger partial charge in [-0.3, -0.25) is 9.59 Å². The van der Waals surface area contributed by atoms with Gasteiger partial charge >= 0.3 is 0 Å². The Balaban J connectivity index is 2.22. The number of carbonyl (C=O) groups is 2. The molecule has 20 heavy (non-hydrogen) atoms. The van der Waals surface area contributed by atoms with E-state index in [1.54, 1.807) is 0 Å². The highest BCUT2D eigenvalue weighted by molar-refractivity contribution is 5.81. The lowest BCUT2D eigenvalue weighted by molar-refractivity contribution is -0.127. The average Bonchev–Trinajstić information content (AvgIpc) is 2.45. The number of hydrogen-bond donors (Lipinski definition) is 3. The maximum atomic E-state index is 12.0. The van der Waals surface area contributed by atoms with Gasteiger partial charge in [-0.2, -0.15) is 0 Å². The van der Waals surface area contributed by atoms with Crippen LogP contribution >= 0.6 is 0 Å². The number of amides is 2. The van der Waals surface area contributed by atoms with Gasteiger partial charge < -0.3 is 16.0 Å². The standard InChI is InChI=1S/C15H29N3O2/c1-11(9-14(19)17-10-12(2)16-3)18-15(20)13-7-5-4-6-8-13/h11-13,16H,4-10H2,1-3H3,(H,17,19)(H,18,20). The lowest BCUT2D eigenvalue weighted by Gasteiger charge is -2.23. The predicted octanol–water partition coefficient (Wildman–Crippen LogP) is 1.19. The van der Waals surface area contributed by atoms with Crippen LogP contribution in [0.1, 0.15) is 52.4 Å². The van der Waals surface area contributed by atoms with E-state index in [0.717, 1.165) is 25.7 Å². The van der Waals surface area contributed by atoms with E-state index >= 15 is 0 Å². The zero-order valence-electron chi connectivity index (χ0n) is 13.0. The summed E-state index contributed by atoms with van der Waals surface area (Å²) in [5.41, 5.74) is 0. The largest absolute Gasteiger partial charge is 0.354 e. The van der Waals surface area contributed by atoms with Crippen LogP contribution in [0, 0.1) is 5.92 Å². The quantitative estimate of drug-likeness (QED) is 0.657. The van der Waals surface area contributed by atoms with E-state index in [9.17, 15) is 9.59 Å². The SMILES string of the molecule is CNC(C)CNC(=O)CC(C)NC(=O)C1CCCCC1. The highest BCUT2D eigenvalue weighted by Gasteiger charge is 2.22. The van der Waals surface area contributed by atoms with Crippen molar-refractivity contribution >= 4 is 11.8 Å². The van der Waals surface area contributed by atoms with Gasteiger partial charge in [0.1, 0.15) is 0 Å². The van der Waals surface area contributed by atoms with Gasteiger partial charge in [0.05, 0.1) is 0 Å². The Morgan fingerprint density at radius 3 is 2.35 bits per heavy atom. The van der Waals surface area contributed by atoms with E-state index in [0.29, 0.717) is 13.0 Å². The van der Waals surface area contributed by atoms with Crippen molar-refractivity contribution in [2.24, 2.45) is 5.92 Å². The molecular formula is C15H29N3O2. The van der Waals surface area contributed by atoms with Crippen molar-refractivity contribution < 1.29 is 9.59 Å². The third-order valence-corrected chi connectivity index (χ3v) is 3.95. The van der Waals surface area contributed by atoms with Crippen LogP contribution in [0.3, 0.4) is 0 Å². The Morgan fingerprint density at radius 2 is 1.75 bits per heavy atom. The van der Waals surface area contributed by atoms with Gasteiger partial charge in [0.2, 0.25) is 11.8 Å². The van der Waals surface area contributed by atoms with Gasteiger partial charge in [-0.25, -0.2) is 0 Å². The molecule has 0 radical (unpaired) electrons. The van der Waals surface area contributed by atoms with Gasteiger partial charge in [0.25, 0.3) is 0 Å². The van der Waals surface area contributed by atoms with Crippen LogP contribution in [0.2, 0.25) is 0 Å². The summed E-state index contributed by atoms with van der Waals surface area (Å²) in [7, 11) is 1.86. The fourth-order valence-electron chi connectivity index (χ4n) is 2.50. The first kappa shape index (κ1) is 17.0. The molecular weight excluding hydrogens is 254 g/mol. The summed E-state index contributed by atoms with van der Waals surface area (Å²) in [5, 5.41) is 8.90. The maximum absolute atomic E-state index is 12.0. The second-order valence-electron chi connectivity index (χ2n) is 5.94. The fraction of sp³-hybridized carbons (Fsp3) is 0.867. The molecule has 0 heterocycles. The Bertz CT molecular complexity index is 314. The molecule has 116 valence electrons. The zero-order chi connectivity index (χ0) is 15.0. The van der Waals surface area contributed by atoms with Crippen LogP contribution in [0.25, 0.3) is 0 Å². The molecule has 5 nitrogen and oxygen atoms in total. The number of carbonyl (C=O) groups excluding carboxylic acids is 2. The van der Waals surface area contributed by atoms with Gasteiger partial charge in [0.15, 0.2) is 0 Å². The minimum atomic E-state index is -0.102. The van der Waals surface area contributed by atoms with E-state index in [1.165, 1.54) is 6.42 Å². The highest BCUT2D eigenvalue weighted by atomic mass is 16.2. The predicted molar refractivity (Wildman–Crippen MR) is 80.3 cm³/mol. The first-order valence-electron chi connectivity index (χ1n) is 7.77. The van der Waals surface area contributed by atoms with E-state index < -0.39 is 0 Å². The van der Waals surface area contributed by atoms with Crippen LogP contribution in [0.15, 0.2) is 0 Å². The molecule has 1 saturated carbocycles. The number of hydrogen-bond acceptors (Lipinski definition) is 3. The Labute approximate surface area is 122 Å². The first-order valence-corrected chi connectivity index (χ1v) is 7.77. The second-order valence-corrected chi connectivity index (χ2v) is 5.94. The molecule has 1 fully saturated rings. The minimum absolute atomic E-state index is 0.0106. The van der Waals surface area contributed by atoms with Crippen molar-refractivity contribution in [2.45, 2.75) is 64.5 Å².